The summed E-state index contributed by atoms with van der Waals surface area (Å²) in [7, 11) is -1.13. The van der Waals surface area contributed by atoms with Crippen LogP contribution in [0.15, 0.2) is 12.2 Å². The first-order valence-electron chi connectivity index (χ1n) is 8.45. The van der Waals surface area contributed by atoms with E-state index in [1.165, 1.54) is 19.3 Å². The number of likely N-dealkylation sites (tertiary alicyclic amines) is 1. The van der Waals surface area contributed by atoms with Gasteiger partial charge in [0.15, 0.2) is 0 Å². The number of allylic oxidation sites excluding steroid dienone is 1. The van der Waals surface area contributed by atoms with E-state index in [0.29, 0.717) is 24.5 Å². The van der Waals surface area contributed by atoms with E-state index in [1.54, 1.807) is 0 Å². The summed E-state index contributed by atoms with van der Waals surface area (Å²) < 4.78 is 5.59. The molecule has 21 heavy (non-hydrogen) atoms. The fraction of sp³-hybridized carbons (Fsp3) is 0.824. The fourth-order valence-electron chi connectivity index (χ4n) is 3.63. The summed E-state index contributed by atoms with van der Waals surface area (Å²) in [6.45, 7) is 10.5. The predicted molar refractivity (Wildman–Crippen MR) is 90.3 cm³/mol. The lowest BCUT2D eigenvalue weighted by Gasteiger charge is -2.39. The van der Waals surface area contributed by atoms with E-state index in [4.69, 9.17) is 4.74 Å². The average Bonchev–Trinajstić information content (AvgIpc) is 2.78. The Kier molecular flexibility index (Phi) is 5.52. The first-order valence-corrected chi connectivity index (χ1v) is 12.2. The maximum absolute atomic E-state index is 12.5. The molecule has 2 aliphatic rings. The van der Waals surface area contributed by atoms with Gasteiger partial charge in [-0.3, -0.25) is 0 Å². The molecule has 1 saturated heterocycles. The normalized spacial score (nSPS) is 29.1. The molecule has 2 rings (SSSR count). The van der Waals surface area contributed by atoms with Crippen molar-refractivity contribution in [3.05, 3.63) is 12.2 Å². The number of carbonyl (C=O) groups excluding carboxylic acids is 1. The second-order valence-electron chi connectivity index (χ2n) is 7.89. The van der Waals surface area contributed by atoms with Crippen LogP contribution in [0, 0.1) is 11.8 Å². The molecule has 0 radical (unpaired) electrons. The molecule has 0 aromatic rings. The third-order valence-corrected chi connectivity index (χ3v) is 6.61. The number of hydrogen-bond acceptors (Lipinski definition) is 2. The maximum Gasteiger partial charge on any atom is 0.410 e. The quantitative estimate of drug-likeness (QED) is 0.551. The van der Waals surface area contributed by atoms with Crippen molar-refractivity contribution < 1.29 is 9.53 Å². The molecule has 1 saturated carbocycles. The van der Waals surface area contributed by atoms with Crippen molar-refractivity contribution in [2.24, 2.45) is 11.8 Å². The fourth-order valence-corrected chi connectivity index (χ4v) is 4.34. The largest absolute Gasteiger partial charge is 0.450 e. The molecule has 1 aliphatic heterocycles. The number of hydrogen-bond donors (Lipinski definition) is 0. The van der Waals surface area contributed by atoms with Crippen molar-refractivity contribution in [3.8, 4) is 0 Å². The van der Waals surface area contributed by atoms with Gasteiger partial charge in [-0.15, -0.1) is 0 Å². The van der Waals surface area contributed by atoms with Crippen LogP contribution in [-0.4, -0.2) is 38.3 Å². The number of carbonyl (C=O) groups is 1. The average molecular weight is 310 g/mol. The zero-order valence-corrected chi connectivity index (χ0v) is 15.1. The highest BCUT2D eigenvalue weighted by atomic mass is 28.3. The Balaban J connectivity index is 1.93. The second kappa shape index (κ2) is 6.99. The van der Waals surface area contributed by atoms with Gasteiger partial charge < -0.3 is 9.64 Å². The molecule has 2 bridgehead atoms. The zero-order valence-electron chi connectivity index (χ0n) is 14.1. The number of nitrogens with zero attached hydrogens (tertiary/aromatic N) is 1. The van der Waals surface area contributed by atoms with Gasteiger partial charge in [0.1, 0.15) is 0 Å². The van der Waals surface area contributed by atoms with E-state index in [2.05, 4.69) is 38.7 Å². The van der Waals surface area contributed by atoms with E-state index >= 15 is 0 Å². The van der Waals surface area contributed by atoms with Crippen LogP contribution in [0.4, 0.5) is 4.79 Å². The first-order chi connectivity index (χ1) is 9.90. The van der Waals surface area contributed by atoms with Crippen LogP contribution in [-0.2, 0) is 4.74 Å². The van der Waals surface area contributed by atoms with Crippen LogP contribution in [0.5, 0.6) is 0 Å². The number of rotatable bonds is 5. The Bertz CT molecular complexity index is 389. The summed E-state index contributed by atoms with van der Waals surface area (Å²) >= 11 is 0. The van der Waals surface area contributed by atoms with Crippen LogP contribution in [0.1, 0.15) is 32.6 Å². The summed E-state index contributed by atoms with van der Waals surface area (Å²) in [6, 6.07) is 1.42. The predicted octanol–water partition coefficient (Wildman–Crippen LogP) is 4.53. The topological polar surface area (TPSA) is 29.5 Å². The van der Waals surface area contributed by atoms with E-state index in [1.807, 2.05) is 4.90 Å². The van der Waals surface area contributed by atoms with Crippen LogP contribution < -0.4 is 0 Å². The maximum atomic E-state index is 12.5. The van der Waals surface area contributed by atoms with E-state index in [0.717, 1.165) is 19.0 Å². The van der Waals surface area contributed by atoms with Crippen molar-refractivity contribution in [1.29, 1.82) is 0 Å². The molecule has 120 valence electrons. The molecule has 0 spiro atoms. The van der Waals surface area contributed by atoms with Crippen LogP contribution in [0.3, 0.4) is 0 Å². The van der Waals surface area contributed by atoms with Crippen molar-refractivity contribution in [1.82, 2.24) is 4.90 Å². The molecular formula is C17H31NO2Si. The Hall–Kier alpha value is -0.773. The molecule has 0 N–H and O–H groups in total. The van der Waals surface area contributed by atoms with Gasteiger partial charge in [0.05, 0.1) is 6.61 Å². The first kappa shape index (κ1) is 16.6. The van der Waals surface area contributed by atoms with E-state index < -0.39 is 8.07 Å². The summed E-state index contributed by atoms with van der Waals surface area (Å²) in [5.41, 5.74) is 0. The Morgan fingerprint density at radius 3 is 2.76 bits per heavy atom. The highest BCUT2D eigenvalue weighted by Crippen LogP contribution is 2.41. The minimum Gasteiger partial charge on any atom is -0.450 e. The van der Waals surface area contributed by atoms with Gasteiger partial charge in [-0.1, -0.05) is 31.8 Å². The molecule has 2 fully saturated rings. The summed E-state index contributed by atoms with van der Waals surface area (Å²) in [5.74, 6) is 1.39. The van der Waals surface area contributed by atoms with Gasteiger partial charge in [0.2, 0.25) is 0 Å². The number of amides is 1. The highest BCUT2D eigenvalue weighted by Gasteiger charge is 2.42. The molecule has 0 unspecified atom stereocenters. The lowest BCUT2D eigenvalue weighted by molar-refractivity contribution is 0.0553. The van der Waals surface area contributed by atoms with Gasteiger partial charge in [0, 0.05) is 20.7 Å². The van der Waals surface area contributed by atoms with Crippen LogP contribution in [0.25, 0.3) is 0 Å². The highest BCUT2D eigenvalue weighted by molar-refractivity contribution is 6.76. The summed E-state index contributed by atoms with van der Waals surface area (Å²) in [4.78, 5) is 14.5. The minimum absolute atomic E-state index is 0.0700. The molecule has 3 atom stereocenters. The molecule has 0 aromatic heterocycles. The molecule has 1 aliphatic carbocycles. The van der Waals surface area contributed by atoms with Crippen LogP contribution in [0.2, 0.25) is 25.7 Å². The molecule has 0 aromatic carbocycles. The lowest BCUT2D eigenvalue weighted by Crippen LogP contribution is -2.49. The van der Waals surface area contributed by atoms with Gasteiger partial charge in [-0.25, -0.2) is 4.79 Å². The number of fused-ring (bicyclic) bond motifs is 2. The third kappa shape index (κ3) is 4.60. The number of piperidine rings is 1. The van der Waals surface area contributed by atoms with Crippen molar-refractivity contribution in [3.63, 3.8) is 0 Å². The SMILES string of the molecule is C/C=C\C[C@@H]1[C@@H]2CC[C@@H](C2)CN1C(=O)OCC[Si](C)(C)C. The zero-order chi connectivity index (χ0) is 15.5. The molecule has 1 heterocycles. The van der Waals surface area contributed by atoms with E-state index in [-0.39, 0.29) is 6.09 Å². The standard InChI is InChI=1S/C17H31NO2Si/c1-5-6-7-16-15-9-8-14(12-15)13-18(16)17(19)20-10-11-21(2,3)4/h5-6,14-16H,7-13H2,1-4H3/b6-5-/t14-,15+,16+/m0/s1. The van der Waals surface area contributed by atoms with Gasteiger partial charge >= 0.3 is 6.09 Å². The van der Waals surface area contributed by atoms with Crippen molar-refractivity contribution >= 4 is 14.2 Å². The third-order valence-electron chi connectivity index (χ3n) is 4.91. The van der Waals surface area contributed by atoms with Gasteiger partial charge in [0.25, 0.3) is 0 Å². The monoisotopic (exact) mass is 309 g/mol. The summed E-state index contributed by atoms with van der Waals surface area (Å²) in [6.07, 6.45) is 9.08. The van der Waals surface area contributed by atoms with Crippen molar-refractivity contribution in [2.75, 3.05) is 13.2 Å². The molecule has 4 heteroatoms. The number of ether oxygens (including phenoxy) is 1. The lowest BCUT2D eigenvalue weighted by atomic mass is 9.89. The van der Waals surface area contributed by atoms with Gasteiger partial charge in [-0.05, 0) is 50.5 Å². The molecular weight excluding hydrogens is 278 g/mol. The van der Waals surface area contributed by atoms with Gasteiger partial charge in [-0.2, -0.15) is 0 Å². The van der Waals surface area contributed by atoms with Crippen LogP contribution >= 0.6 is 0 Å². The Labute approximate surface area is 130 Å². The second-order valence-corrected chi connectivity index (χ2v) is 13.5. The summed E-state index contributed by atoms with van der Waals surface area (Å²) in [5, 5.41) is 0. The molecule has 3 nitrogen and oxygen atoms in total. The minimum atomic E-state index is -1.13. The molecule has 1 amide bonds. The Morgan fingerprint density at radius 2 is 2.10 bits per heavy atom. The van der Waals surface area contributed by atoms with Crippen molar-refractivity contribution in [2.45, 2.75) is 64.3 Å². The Morgan fingerprint density at radius 1 is 1.33 bits per heavy atom. The smallest absolute Gasteiger partial charge is 0.410 e. The van der Waals surface area contributed by atoms with E-state index in [9.17, 15) is 4.79 Å².